The summed E-state index contributed by atoms with van der Waals surface area (Å²) in [5.74, 6) is 0. The van der Waals surface area contributed by atoms with Gasteiger partial charge in [-0.05, 0) is 22.8 Å². The van der Waals surface area contributed by atoms with Gasteiger partial charge < -0.3 is 5.32 Å². The van der Waals surface area contributed by atoms with Crippen LogP contribution >= 0.6 is 0 Å². The van der Waals surface area contributed by atoms with E-state index in [-0.39, 0.29) is 0 Å². The quantitative estimate of drug-likeness (QED) is 0.828. The molecule has 3 heteroatoms. The summed E-state index contributed by atoms with van der Waals surface area (Å²) in [5, 5.41) is 3.47. The van der Waals surface area contributed by atoms with Crippen LogP contribution in [0.3, 0.4) is 0 Å². The third kappa shape index (κ3) is 3.19. The van der Waals surface area contributed by atoms with E-state index >= 15 is 0 Å². The average Bonchev–Trinajstić information content (AvgIpc) is 2.87. The van der Waals surface area contributed by atoms with Crippen LogP contribution in [0.15, 0.2) is 48.8 Å². The number of nitrogens with one attached hydrogen (secondary N) is 1. The van der Waals surface area contributed by atoms with Crippen LogP contribution in [0, 0.1) is 0 Å². The highest BCUT2D eigenvalue weighted by molar-refractivity contribution is 5.30. The van der Waals surface area contributed by atoms with Crippen molar-refractivity contribution in [3.63, 3.8) is 0 Å². The maximum Gasteiger partial charge on any atom is 0.0312 e. The standard InChI is InChI=1S/C16H19N3/c1-2-6-16-13-19(12-15(16)5-1)9-8-18-11-14-4-3-7-17-10-14/h1-7,10,18H,8-9,11-13H2. The van der Waals surface area contributed by atoms with Crippen molar-refractivity contribution in [3.05, 3.63) is 65.5 Å². The van der Waals surface area contributed by atoms with Crippen molar-refractivity contribution in [1.82, 2.24) is 15.2 Å². The second-order valence-electron chi connectivity index (χ2n) is 5.02. The Hall–Kier alpha value is -1.71. The predicted molar refractivity (Wildman–Crippen MR) is 76.5 cm³/mol. The van der Waals surface area contributed by atoms with Crippen molar-refractivity contribution in [1.29, 1.82) is 0 Å². The third-order valence-corrected chi connectivity index (χ3v) is 3.56. The Labute approximate surface area is 114 Å². The van der Waals surface area contributed by atoms with E-state index in [9.17, 15) is 0 Å². The molecular formula is C16H19N3. The van der Waals surface area contributed by atoms with Gasteiger partial charge in [0.15, 0.2) is 0 Å². The molecule has 1 aliphatic rings. The molecule has 1 aliphatic heterocycles. The number of aromatic nitrogens is 1. The fourth-order valence-electron chi connectivity index (χ4n) is 2.53. The Morgan fingerprint density at radius 1 is 1.05 bits per heavy atom. The van der Waals surface area contributed by atoms with E-state index < -0.39 is 0 Å². The molecule has 19 heavy (non-hydrogen) atoms. The molecule has 1 aromatic heterocycles. The molecule has 0 saturated heterocycles. The van der Waals surface area contributed by atoms with Crippen molar-refractivity contribution < 1.29 is 0 Å². The second-order valence-corrected chi connectivity index (χ2v) is 5.02. The first-order valence-corrected chi connectivity index (χ1v) is 6.80. The topological polar surface area (TPSA) is 28.2 Å². The van der Waals surface area contributed by atoms with Crippen molar-refractivity contribution in [2.24, 2.45) is 0 Å². The molecule has 0 spiro atoms. The molecule has 0 atom stereocenters. The van der Waals surface area contributed by atoms with Crippen LogP contribution in [0.25, 0.3) is 0 Å². The molecule has 0 amide bonds. The van der Waals surface area contributed by atoms with Gasteiger partial charge in [-0.15, -0.1) is 0 Å². The van der Waals surface area contributed by atoms with Crippen LogP contribution in [-0.4, -0.2) is 23.0 Å². The minimum Gasteiger partial charge on any atom is -0.311 e. The van der Waals surface area contributed by atoms with E-state index in [1.165, 1.54) is 16.7 Å². The lowest BCUT2D eigenvalue weighted by Crippen LogP contribution is -2.28. The zero-order valence-electron chi connectivity index (χ0n) is 11.0. The van der Waals surface area contributed by atoms with E-state index in [1.807, 2.05) is 18.5 Å². The minimum atomic E-state index is 0.897. The Bertz CT molecular complexity index is 500. The molecule has 0 fully saturated rings. The SMILES string of the molecule is c1cncc(CNCCN2Cc3ccccc3C2)c1. The van der Waals surface area contributed by atoms with Gasteiger partial charge in [0.05, 0.1) is 0 Å². The van der Waals surface area contributed by atoms with Gasteiger partial charge in [-0.2, -0.15) is 0 Å². The molecule has 98 valence electrons. The average molecular weight is 253 g/mol. The summed E-state index contributed by atoms with van der Waals surface area (Å²) in [6.45, 7) is 5.18. The van der Waals surface area contributed by atoms with E-state index in [1.54, 1.807) is 0 Å². The zero-order chi connectivity index (χ0) is 12.9. The van der Waals surface area contributed by atoms with E-state index in [0.29, 0.717) is 0 Å². The van der Waals surface area contributed by atoms with Crippen LogP contribution in [0.1, 0.15) is 16.7 Å². The lowest BCUT2D eigenvalue weighted by Gasteiger charge is -2.15. The van der Waals surface area contributed by atoms with Gasteiger partial charge in [-0.25, -0.2) is 0 Å². The largest absolute Gasteiger partial charge is 0.311 e. The molecule has 1 aromatic carbocycles. The number of nitrogens with zero attached hydrogens (tertiary/aromatic N) is 2. The highest BCUT2D eigenvalue weighted by Crippen LogP contribution is 2.21. The van der Waals surface area contributed by atoms with Gasteiger partial charge in [0.1, 0.15) is 0 Å². The van der Waals surface area contributed by atoms with Crippen LogP contribution in [0.4, 0.5) is 0 Å². The fourth-order valence-corrected chi connectivity index (χ4v) is 2.53. The molecule has 2 heterocycles. The highest BCUT2D eigenvalue weighted by atomic mass is 15.1. The van der Waals surface area contributed by atoms with E-state index in [4.69, 9.17) is 0 Å². The molecule has 1 N–H and O–H groups in total. The number of hydrogen-bond acceptors (Lipinski definition) is 3. The van der Waals surface area contributed by atoms with Gasteiger partial charge in [-0.3, -0.25) is 9.88 Å². The summed E-state index contributed by atoms with van der Waals surface area (Å²) in [4.78, 5) is 6.60. The molecule has 3 nitrogen and oxygen atoms in total. The van der Waals surface area contributed by atoms with Crippen molar-refractivity contribution >= 4 is 0 Å². The van der Waals surface area contributed by atoms with Gasteiger partial charge in [0.25, 0.3) is 0 Å². The Morgan fingerprint density at radius 3 is 2.53 bits per heavy atom. The molecule has 0 bridgehead atoms. The first-order chi connectivity index (χ1) is 9.42. The number of rotatable bonds is 5. The molecule has 0 unspecified atom stereocenters. The van der Waals surface area contributed by atoms with E-state index in [2.05, 4.69) is 45.5 Å². The summed E-state index contributed by atoms with van der Waals surface area (Å²) in [7, 11) is 0. The predicted octanol–water partition coefficient (Wildman–Crippen LogP) is 2.19. The zero-order valence-corrected chi connectivity index (χ0v) is 11.0. The van der Waals surface area contributed by atoms with Crippen molar-refractivity contribution in [2.45, 2.75) is 19.6 Å². The smallest absolute Gasteiger partial charge is 0.0312 e. The van der Waals surface area contributed by atoms with E-state index in [0.717, 1.165) is 32.7 Å². The Kier molecular flexibility index (Phi) is 3.86. The lowest BCUT2D eigenvalue weighted by molar-refractivity contribution is 0.283. The molecule has 2 aromatic rings. The van der Waals surface area contributed by atoms with Gasteiger partial charge >= 0.3 is 0 Å². The summed E-state index contributed by atoms with van der Waals surface area (Å²) < 4.78 is 0. The number of hydrogen-bond donors (Lipinski definition) is 1. The fraction of sp³-hybridized carbons (Fsp3) is 0.312. The second kappa shape index (κ2) is 5.95. The van der Waals surface area contributed by atoms with Gasteiger partial charge in [0.2, 0.25) is 0 Å². The summed E-state index contributed by atoms with van der Waals surface area (Å²) in [6, 6.07) is 12.8. The van der Waals surface area contributed by atoms with Gasteiger partial charge in [-0.1, -0.05) is 30.3 Å². The third-order valence-electron chi connectivity index (χ3n) is 3.56. The Balaban J connectivity index is 1.41. The minimum absolute atomic E-state index is 0.897. The first-order valence-electron chi connectivity index (χ1n) is 6.80. The lowest BCUT2D eigenvalue weighted by atomic mass is 10.1. The molecule has 0 radical (unpaired) electrons. The molecule has 0 aliphatic carbocycles. The maximum atomic E-state index is 4.12. The van der Waals surface area contributed by atoms with Crippen molar-refractivity contribution in [2.75, 3.05) is 13.1 Å². The summed E-state index contributed by atoms with van der Waals surface area (Å²) in [5.41, 5.74) is 4.21. The normalized spacial score (nSPS) is 14.5. The Morgan fingerprint density at radius 2 is 1.84 bits per heavy atom. The monoisotopic (exact) mass is 253 g/mol. The summed E-state index contributed by atoms with van der Waals surface area (Å²) in [6.07, 6.45) is 3.73. The number of fused-ring (bicyclic) bond motifs is 1. The van der Waals surface area contributed by atoms with Gasteiger partial charge in [0, 0.05) is 45.1 Å². The molecule has 0 saturated carbocycles. The number of pyridine rings is 1. The number of benzene rings is 1. The molecular weight excluding hydrogens is 234 g/mol. The van der Waals surface area contributed by atoms with Crippen LogP contribution in [-0.2, 0) is 19.6 Å². The summed E-state index contributed by atoms with van der Waals surface area (Å²) >= 11 is 0. The van der Waals surface area contributed by atoms with Crippen LogP contribution in [0.2, 0.25) is 0 Å². The van der Waals surface area contributed by atoms with Crippen molar-refractivity contribution in [3.8, 4) is 0 Å². The highest BCUT2D eigenvalue weighted by Gasteiger charge is 2.16. The maximum absolute atomic E-state index is 4.12. The van der Waals surface area contributed by atoms with Crippen LogP contribution < -0.4 is 5.32 Å². The molecule has 3 rings (SSSR count). The first kappa shape index (κ1) is 12.3. The van der Waals surface area contributed by atoms with Crippen LogP contribution in [0.5, 0.6) is 0 Å².